The molecule has 132 valence electrons. The van der Waals surface area contributed by atoms with E-state index in [1.54, 1.807) is 18.2 Å². The molecule has 0 aliphatic carbocycles. The summed E-state index contributed by atoms with van der Waals surface area (Å²) in [5, 5.41) is 18.8. The number of methoxy groups -OCH3 is 2. The number of hydrogen-bond donors (Lipinski definition) is 2. The van der Waals surface area contributed by atoms with E-state index in [0.717, 1.165) is 0 Å². The Balaban J connectivity index is 0.000000251. The van der Waals surface area contributed by atoms with Gasteiger partial charge in [-0.2, -0.15) is 0 Å². The third kappa shape index (κ3) is 5.92. The summed E-state index contributed by atoms with van der Waals surface area (Å²) >= 11 is 0. The van der Waals surface area contributed by atoms with Crippen LogP contribution >= 0.6 is 0 Å². The zero-order valence-electron chi connectivity index (χ0n) is 13.5. The number of non-ortho nitro benzene ring substituents is 1. The summed E-state index contributed by atoms with van der Waals surface area (Å²) in [6.07, 6.45) is 0. The van der Waals surface area contributed by atoms with Gasteiger partial charge in [0.2, 0.25) is 0 Å². The van der Waals surface area contributed by atoms with Gasteiger partial charge in [0.15, 0.2) is 0 Å². The number of carbonyl (C=O) groups excluding carboxylic acids is 2. The third-order valence-corrected chi connectivity index (χ3v) is 2.89. The Morgan fingerprint density at radius 2 is 1.52 bits per heavy atom. The van der Waals surface area contributed by atoms with Crippen molar-refractivity contribution in [2.24, 2.45) is 0 Å². The molecule has 0 unspecified atom stereocenters. The van der Waals surface area contributed by atoms with Gasteiger partial charge < -0.3 is 9.47 Å². The zero-order chi connectivity index (χ0) is 18.8. The number of esters is 2. The van der Waals surface area contributed by atoms with Gasteiger partial charge in [0.05, 0.1) is 36.0 Å². The van der Waals surface area contributed by atoms with E-state index in [1.165, 1.54) is 44.6 Å². The van der Waals surface area contributed by atoms with Gasteiger partial charge in [-0.15, -0.1) is 0 Å². The number of hydrogen-bond acceptors (Lipinski definition) is 8. The zero-order valence-corrected chi connectivity index (χ0v) is 13.5. The molecule has 2 aromatic rings. The van der Waals surface area contributed by atoms with Crippen molar-refractivity contribution in [2.45, 2.75) is 0 Å². The second-order valence-corrected chi connectivity index (χ2v) is 4.48. The van der Waals surface area contributed by atoms with Crippen LogP contribution in [0.15, 0.2) is 48.5 Å². The Morgan fingerprint density at radius 3 is 2.00 bits per heavy atom. The summed E-state index contributed by atoms with van der Waals surface area (Å²) in [5.41, 5.74) is 2.85. The number of benzene rings is 2. The lowest BCUT2D eigenvalue weighted by Gasteiger charge is -2.01. The fraction of sp³-hybridized carbons (Fsp3) is 0.125. The van der Waals surface area contributed by atoms with Crippen LogP contribution in [0.1, 0.15) is 20.7 Å². The fourth-order valence-electron chi connectivity index (χ4n) is 1.70. The lowest BCUT2D eigenvalue weighted by atomic mass is 10.2. The molecule has 0 spiro atoms. The lowest BCUT2D eigenvalue weighted by molar-refractivity contribution is -0.384. The Bertz CT molecular complexity index is 762. The van der Waals surface area contributed by atoms with Crippen LogP contribution in [0.5, 0.6) is 0 Å². The highest BCUT2D eigenvalue weighted by Gasteiger charge is 2.10. The van der Waals surface area contributed by atoms with E-state index in [0.29, 0.717) is 11.3 Å². The van der Waals surface area contributed by atoms with Crippen LogP contribution in [0.4, 0.5) is 11.4 Å². The van der Waals surface area contributed by atoms with Gasteiger partial charge in [-0.05, 0) is 24.3 Å². The summed E-state index contributed by atoms with van der Waals surface area (Å²) in [6, 6.07) is 11.7. The van der Waals surface area contributed by atoms with Crippen LogP contribution in [-0.4, -0.2) is 36.3 Å². The SMILES string of the molecule is COC(=O)c1cccc(NO)c1.COC(=O)c1cccc([N+](=O)[O-])c1. The van der Waals surface area contributed by atoms with Crippen molar-refractivity contribution in [3.05, 3.63) is 69.8 Å². The number of carbonyl (C=O) groups is 2. The van der Waals surface area contributed by atoms with Crippen LogP contribution in [0, 0.1) is 10.1 Å². The molecule has 0 saturated carbocycles. The smallest absolute Gasteiger partial charge is 0.338 e. The molecule has 0 aliphatic heterocycles. The largest absolute Gasteiger partial charge is 0.465 e. The molecule has 2 rings (SSSR count). The number of ether oxygens (including phenoxy) is 2. The first kappa shape index (κ1) is 19.6. The Hall–Kier alpha value is -3.46. The van der Waals surface area contributed by atoms with Crippen molar-refractivity contribution >= 4 is 23.3 Å². The van der Waals surface area contributed by atoms with Gasteiger partial charge in [0.1, 0.15) is 0 Å². The van der Waals surface area contributed by atoms with Gasteiger partial charge >= 0.3 is 11.9 Å². The van der Waals surface area contributed by atoms with E-state index < -0.39 is 16.9 Å². The highest BCUT2D eigenvalue weighted by molar-refractivity contribution is 5.90. The van der Waals surface area contributed by atoms with Crippen molar-refractivity contribution in [3.63, 3.8) is 0 Å². The third-order valence-electron chi connectivity index (χ3n) is 2.89. The van der Waals surface area contributed by atoms with E-state index >= 15 is 0 Å². The predicted molar refractivity (Wildman–Crippen MR) is 87.6 cm³/mol. The number of nitrogens with zero attached hydrogens (tertiary/aromatic N) is 1. The molecule has 2 N–H and O–H groups in total. The first-order valence-electron chi connectivity index (χ1n) is 6.84. The van der Waals surface area contributed by atoms with Crippen LogP contribution in [0.2, 0.25) is 0 Å². The minimum Gasteiger partial charge on any atom is -0.465 e. The minimum absolute atomic E-state index is 0.122. The molecule has 0 radical (unpaired) electrons. The summed E-state index contributed by atoms with van der Waals surface area (Å²) in [7, 11) is 2.53. The van der Waals surface area contributed by atoms with Gasteiger partial charge in [-0.3, -0.25) is 20.8 Å². The summed E-state index contributed by atoms with van der Waals surface area (Å²) in [6.45, 7) is 0. The van der Waals surface area contributed by atoms with Gasteiger partial charge in [0, 0.05) is 12.1 Å². The van der Waals surface area contributed by atoms with Crippen LogP contribution in [-0.2, 0) is 9.47 Å². The molecule has 2 aromatic carbocycles. The molecule has 0 fully saturated rings. The number of rotatable bonds is 4. The Kier molecular flexibility index (Phi) is 7.54. The molecule has 9 nitrogen and oxygen atoms in total. The van der Waals surface area contributed by atoms with Gasteiger partial charge in [0.25, 0.3) is 5.69 Å². The summed E-state index contributed by atoms with van der Waals surface area (Å²) in [4.78, 5) is 31.6. The summed E-state index contributed by atoms with van der Waals surface area (Å²) in [5.74, 6) is -1.00. The molecule has 0 atom stereocenters. The van der Waals surface area contributed by atoms with Crippen molar-refractivity contribution < 1.29 is 29.2 Å². The maximum atomic E-state index is 10.9. The predicted octanol–water partition coefficient (Wildman–Crippen LogP) is 2.66. The highest BCUT2D eigenvalue weighted by atomic mass is 16.6. The molecule has 0 bridgehead atoms. The van der Waals surface area contributed by atoms with Crippen molar-refractivity contribution in [1.29, 1.82) is 0 Å². The van der Waals surface area contributed by atoms with Gasteiger partial charge in [-0.1, -0.05) is 12.1 Å². The average molecular weight is 348 g/mol. The first-order chi connectivity index (χ1) is 11.9. The van der Waals surface area contributed by atoms with Crippen molar-refractivity contribution in [1.82, 2.24) is 0 Å². The Morgan fingerprint density at radius 1 is 1.00 bits per heavy atom. The normalized spacial score (nSPS) is 9.24. The first-order valence-corrected chi connectivity index (χ1v) is 6.84. The van der Waals surface area contributed by atoms with E-state index in [-0.39, 0.29) is 11.3 Å². The van der Waals surface area contributed by atoms with E-state index in [2.05, 4.69) is 9.47 Å². The topological polar surface area (TPSA) is 128 Å². The quantitative estimate of drug-likeness (QED) is 0.490. The number of nitrogens with one attached hydrogen (secondary N) is 1. The maximum Gasteiger partial charge on any atom is 0.338 e. The maximum absolute atomic E-state index is 10.9. The molecule has 0 aromatic heterocycles. The van der Waals surface area contributed by atoms with Crippen molar-refractivity contribution in [3.8, 4) is 0 Å². The van der Waals surface area contributed by atoms with E-state index in [9.17, 15) is 19.7 Å². The highest BCUT2D eigenvalue weighted by Crippen LogP contribution is 2.13. The fourth-order valence-corrected chi connectivity index (χ4v) is 1.70. The molecule has 0 aliphatic rings. The van der Waals surface area contributed by atoms with E-state index in [4.69, 9.17) is 5.21 Å². The van der Waals surface area contributed by atoms with Crippen LogP contribution < -0.4 is 5.48 Å². The second kappa shape index (κ2) is 9.63. The number of anilines is 1. The lowest BCUT2D eigenvalue weighted by Crippen LogP contribution is -2.01. The average Bonchev–Trinajstić information content (AvgIpc) is 2.67. The molecular weight excluding hydrogens is 332 g/mol. The second-order valence-electron chi connectivity index (χ2n) is 4.48. The standard InChI is InChI=1S/C8H7NO4.C8H9NO3/c1-13-8(10)6-3-2-4-7(5-6)9(11)12;1-12-8(10)6-3-2-4-7(5-6)9-11/h2-5H,1H3;2-5,9,11H,1H3. The molecule has 25 heavy (non-hydrogen) atoms. The molecular formula is C16H16N2O7. The molecule has 9 heteroatoms. The molecule has 0 heterocycles. The number of nitro benzene ring substituents is 1. The number of nitro groups is 1. The molecule has 0 amide bonds. The van der Waals surface area contributed by atoms with Crippen LogP contribution in [0.3, 0.4) is 0 Å². The summed E-state index contributed by atoms with van der Waals surface area (Å²) < 4.78 is 8.90. The monoisotopic (exact) mass is 348 g/mol. The van der Waals surface area contributed by atoms with Crippen LogP contribution in [0.25, 0.3) is 0 Å². The Labute approximate surface area is 142 Å². The van der Waals surface area contributed by atoms with Gasteiger partial charge in [-0.25, -0.2) is 9.59 Å². The molecule has 0 saturated heterocycles. The minimum atomic E-state index is -0.580. The van der Waals surface area contributed by atoms with Crippen molar-refractivity contribution in [2.75, 3.05) is 19.7 Å². The van der Waals surface area contributed by atoms with E-state index in [1.807, 2.05) is 5.48 Å².